The lowest BCUT2D eigenvalue weighted by atomic mass is 9.73. The summed E-state index contributed by atoms with van der Waals surface area (Å²) >= 11 is 0. The number of halogens is 2. The summed E-state index contributed by atoms with van der Waals surface area (Å²) in [5.74, 6) is -0.926. The molecule has 2 aliphatic rings. The van der Waals surface area contributed by atoms with Gasteiger partial charge in [0.2, 0.25) is 0 Å². The van der Waals surface area contributed by atoms with Gasteiger partial charge < -0.3 is 9.79 Å². The standard InChI is InChI=1S/C19H27F2O3P/c1-12-10-11-17(25(22,23)24)19(14-7-3-5-9-16(14)21)18(12)13-6-2-4-8-15(13)20/h10-11,13-16H,2-9H2,1H3,(H2,22,23,24). The Bertz CT molecular complexity index is 673. The molecule has 0 spiro atoms. The number of hydrogen-bond donors (Lipinski definition) is 2. The summed E-state index contributed by atoms with van der Waals surface area (Å²) in [6, 6.07) is 3.08. The molecule has 4 atom stereocenters. The predicted molar refractivity (Wildman–Crippen MR) is 95.1 cm³/mol. The van der Waals surface area contributed by atoms with Crippen LogP contribution in [0.4, 0.5) is 8.78 Å². The minimum absolute atomic E-state index is 0.0968. The van der Waals surface area contributed by atoms with Crippen molar-refractivity contribution >= 4 is 12.9 Å². The first-order valence-electron chi connectivity index (χ1n) is 9.28. The molecule has 25 heavy (non-hydrogen) atoms. The van der Waals surface area contributed by atoms with Gasteiger partial charge in [0.05, 0.1) is 5.30 Å². The second kappa shape index (κ2) is 7.46. The lowest BCUT2D eigenvalue weighted by Crippen LogP contribution is -2.30. The second-order valence-corrected chi connectivity index (χ2v) is 9.16. The summed E-state index contributed by atoms with van der Waals surface area (Å²) in [4.78, 5) is 19.7. The Balaban J connectivity index is 2.20. The van der Waals surface area contributed by atoms with Gasteiger partial charge in [-0.05, 0) is 55.4 Å². The molecular weight excluding hydrogens is 345 g/mol. The van der Waals surface area contributed by atoms with Crippen molar-refractivity contribution in [1.82, 2.24) is 0 Å². The van der Waals surface area contributed by atoms with E-state index in [0.717, 1.165) is 31.2 Å². The molecular formula is C19H27F2O3P. The van der Waals surface area contributed by atoms with E-state index < -0.39 is 25.9 Å². The monoisotopic (exact) mass is 372 g/mol. The van der Waals surface area contributed by atoms with E-state index in [1.165, 1.54) is 6.07 Å². The first-order chi connectivity index (χ1) is 11.8. The van der Waals surface area contributed by atoms with E-state index in [4.69, 9.17) is 0 Å². The van der Waals surface area contributed by atoms with Crippen LogP contribution < -0.4 is 5.30 Å². The van der Waals surface area contributed by atoms with Gasteiger partial charge in [-0.2, -0.15) is 0 Å². The van der Waals surface area contributed by atoms with Gasteiger partial charge in [0.15, 0.2) is 0 Å². The highest BCUT2D eigenvalue weighted by molar-refractivity contribution is 7.60. The lowest BCUT2D eigenvalue weighted by Gasteiger charge is -2.35. The Labute approximate surface area is 148 Å². The Kier molecular flexibility index (Phi) is 5.67. The van der Waals surface area contributed by atoms with Gasteiger partial charge in [-0.15, -0.1) is 0 Å². The zero-order valence-corrected chi connectivity index (χ0v) is 15.5. The van der Waals surface area contributed by atoms with Crippen LogP contribution in [-0.2, 0) is 4.57 Å². The van der Waals surface area contributed by atoms with Crippen molar-refractivity contribution in [2.45, 2.75) is 82.5 Å². The number of benzene rings is 1. The summed E-state index contributed by atoms with van der Waals surface area (Å²) in [5, 5.41) is -0.0968. The molecule has 4 unspecified atom stereocenters. The van der Waals surface area contributed by atoms with Crippen molar-refractivity contribution in [2.24, 2.45) is 0 Å². The van der Waals surface area contributed by atoms with Gasteiger partial charge in [-0.25, -0.2) is 8.78 Å². The van der Waals surface area contributed by atoms with Crippen molar-refractivity contribution in [3.05, 3.63) is 28.8 Å². The molecule has 0 aliphatic heterocycles. The van der Waals surface area contributed by atoms with Crippen molar-refractivity contribution in [3.63, 3.8) is 0 Å². The van der Waals surface area contributed by atoms with Crippen molar-refractivity contribution in [1.29, 1.82) is 0 Å². The molecule has 3 rings (SSSR count). The van der Waals surface area contributed by atoms with Gasteiger partial charge in [0.1, 0.15) is 12.3 Å². The highest BCUT2D eigenvalue weighted by Gasteiger charge is 2.38. The van der Waals surface area contributed by atoms with E-state index in [0.29, 0.717) is 36.8 Å². The summed E-state index contributed by atoms with van der Waals surface area (Å²) in [6.07, 6.45) is 3.30. The molecule has 1 aromatic carbocycles. The average Bonchev–Trinajstić information content (AvgIpc) is 2.55. The third-order valence-electron chi connectivity index (χ3n) is 5.90. The summed E-state index contributed by atoms with van der Waals surface area (Å²) in [5.41, 5.74) is 1.90. The van der Waals surface area contributed by atoms with Crippen molar-refractivity contribution < 1.29 is 23.1 Å². The number of rotatable bonds is 3. The predicted octanol–water partition coefficient (Wildman–Crippen LogP) is 4.79. The van der Waals surface area contributed by atoms with E-state index >= 15 is 0 Å². The van der Waals surface area contributed by atoms with Gasteiger partial charge in [-0.1, -0.05) is 31.7 Å². The van der Waals surface area contributed by atoms with Gasteiger partial charge in [0, 0.05) is 11.8 Å². The fraction of sp³-hybridized carbons (Fsp3) is 0.684. The van der Waals surface area contributed by atoms with Gasteiger partial charge in [0.25, 0.3) is 0 Å². The van der Waals surface area contributed by atoms with E-state index in [-0.39, 0.29) is 11.2 Å². The molecule has 2 N–H and O–H groups in total. The van der Waals surface area contributed by atoms with Gasteiger partial charge in [-0.3, -0.25) is 4.57 Å². The fourth-order valence-electron chi connectivity index (χ4n) is 4.69. The first kappa shape index (κ1) is 19.0. The molecule has 0 aromatic heterocycles. The maximum Gasteiger partial charge on any atom is 0.356 e. The zero-order chi connectivity index (χ0) is 18.2. The van der Waals surface area contributed by atoms with Crippen LogP contribution in [0.3, 0.4) is 0 Å². The minimum atomic E-state index is -4.56. The van der Waals surface area contributed by atoms with Crippen LogP contribution in [0.1, 0.15) is 79.9 Å². The van der Waals surface area contributed by atoms with Crippen molar-refractivity contribution in [2.75, 3.05) is 0 Å². The normalized spacial score (nSPS) is 31.1. The molecule has 6 heteroatoms. The molecule has 140 valence electrons. The molecule has 0 saturated heterocycles. The zero-order valence-electron chi connectivity index (χ0n) is 14.6. The van der Waals surface area contributed by atoms with Crippen LogP contribution in [-0.4, -0.2) is 22.1 Å². The molecule has 0 heterocycles. The van der Waals surface area contributed by atoms with E-state index in [1.54, 1.807) is 6.07 Å². The number of alkyl halides is 2. The summed E-state index contributed by atoms with van der Waals surface area (Å²) in [7, 11) is -4.56. The third-order valence-corrected chi connectivity index (χ3v) is 6.92. The number of hydrogen-bond acceptors (Lipinski definition) is 1. The summed E-state index contributed by atoms with van der Waals surface area (Å²) < 4.78 is 41.5. The van der Waals surface area contributed by atoms with Gasteiger partial charge >= 0.3 is 7.60 Å². The van der Waals surface area contributed by atoms with E-state index in [2.05, 4.69) is 0 Å². The Morgan fingerprint density at radius 2 is 1.36 bits per heavy atom. The van der Waals surface area contributed by atoms with Crippen LogP contribution >= 0.6 is 7.60 Å². The van der Waals surface area contributed by atoms with Crippen LogP contribution in [0.5, 0.6) is 0 Å². The molecule has 3 nitrogen and oxygen atoms in total. The van der Waals surface area contributed by atoms with E-state index in [1.807, 2.05) is 6.92 Å². The fourth-order valence-corrected chi connectivity index (χ4v) is 5.56. The van der Waals surface area contributed by atoms with Crippen LogP contribution in [0.25, 0.3) is 0 Å². The minimum Gasteiger partial charge on any atom is -0.321 e. The largest absolute Gasteiger partial charge is 0.356 e. The topological polar surface area (TPSA) is 57.5 Å². The van der Waals surface area contributed by atoms with E-state index in [9.17, 15) is 23.1 Å². The highest BCUT2D eigenvalue weighted by Crippen LogP contribution is 2.47. The molecule has 2 fully saturated rings. The Morgan fingerprint density at radius 3 is 1.84 bits per heavy atom. The molecule has 0 radical (unpaired) electrons. The SMILES string of the molecule is Cc1ccc(P(=O)(O)O)c(C2CCCCC2F)c1C1CCCCC1F. The maximum atomic E-state index is 14.7. The average molecular weight is 372 g/mol. The Morgan fingerprint density at radius 1 is 0.880 bits per heavy atom. The third kappa shape index (κ3) is 3.84. The second-order valence-electron chi connectivity index (χ2n) is 7.59. The quantitative estimate of drug-likeness (QED) is 0.750. The molecule has 0 amide bonds. The highest BCUT2D eigenvalue weighted by atomic mass is 31.2. The smallest absolute Gasteiger partial charge is 0.321 e. The van der Waals surface area contributed by atoms with Crippen LogP contribution in [0.2, 0.25) is 0 Å². The maximum absolute atomic E-state index is 14.7. The van der Waals surface area contributed by atoms with Crippen LogP contribution in [0.15, 0.2) is 12.1 Å². The first-order valence-corrected chi connectivity index (χ1v) is 10.9. The molecule has 0 bridgehead atoms. The number of aryl methyl sites for hydroxylation is 1. The molecule has 2 saturated carbocycles. The molecule has 1 aromatic rings. The van der Waals surface area contributed by atoms with Crippen LogP contribution in [0, 0.1) is 6.92 Å². The Hall–Kier alpha value is -0.770. The van der Waals surface area contributed by atoms with Crippen molar-refractivity contribution in [3.8, 4) is 0 Å². The molecule has 2 aliphatic carbocycles. The summed E-state index contributed by atoms with van der Waals surface area (Å²) in [6.45, 7) is 1.85. The lowest BCUT2D eigenvalue weighted by molar-refractivity contribution is 0.202.